The first kappa shape index (κ1) is 24.0. The molecule has 2 atom stereocenters. The number of ether oxygens (including phenoxy) is 3. The molecule has 30 heavy (non-hydrogen) atoms. The minimum Gasteiger partial charge on any atom is -0.444 e. The molecule has 0 radical (unpaired) electrons. The highest BCUT2D eigenvalue weighted by atomic mass is 16.6. The molecule has 1 amide bonds. The largest absolute Gasteiger partial charge is 0.444 e. The lowest BCUT2D eigenvalue weighted by Gasteiger charge is -2.41. The summed E-state index contributed by atoms with van der Waals surface area (Å²) in [6.45, 7) is 17.9. The van der Waals surface area contributed by atoms with Crippen LogP contribution in [0.25, 0.3) is 0 Å². The third-order valence-electron chi connectivity index (χ3n) is 5.06. The summed E-state index contributed by atoms with van der Waals surface area (Å²) >= 11 is 0. The average molecular weight is 414 g/mol. The highest BCUT2D eigenvalue weighted by Crippen LogP contribution is 2.37. The molecular formula is C25H35NO4. The lowest BCUT2D eigenvalue weighted by atomic mass is 9.82. The zero-order valence-corrected chi connectivity index (χ0v) is 19.3. The Labute approximate surface area is 181 Å². The first-order valence-electron chi connectivity index (χ1n) is 10.3. The predicted octanol–water partition coefficient (Wildman–Crippen LogP) is 5.01. The average Bonchev–Trinajstić information content (AvgIpc) is 2.95. The first-order valence-corrected chi connectivity index (χ1v) is 10.3. The standard InChI is InChI=1S/C25H35NO4/c1-9-24(5,6)21(28-17-13-16-19-14-11-10-12-15-19)20-18-29-25(7,8)26(20)22(27)30-23(2,3)4/h9-12,14-15,20-21H,1,17-18H2,2-8H3/t20-,21-/m0/s1. The smallest absolute Gasteiger partial charge is 0.412 e. The van der Waals surface area contributed by atoms with Crippen LogP contribution in [-0.2, 0) is 14.2 Å². The summed E-state index contributed by atoms with van der Waals surface area (Å²) < 4.78 is 17.9. The van der Waals surface area contributed by atoms with Crippen molar-refractivity contribution in [1.82, 2.24) is 4.90 Å². The normalized spacial score (nSPS) is 19.6. The molecule has 5 nitrogen and oxygen atoms in total. The Morgan fingerprint density at radius 2 is 1.93 bits per heavy atom. The molecule has 5 heteroatoms. The van der Waals surface area contributed by atoms with Gasteiger partial charge in [0.2, 0.25) is 0 Å². The third-order valence-corrected chi connectivity index (χ3v) is 5.06. The molecule has 2 rings (SSSR count). The van der Waals surface area contributed by atoms with E-state index in [1.807, 2.05) is 84.9 Å². The van der Waals surface area contributed by atoms with E-state index in [1.165, 1.54) is 0 Å². The summed E-state index contributed by atoms with van der Waals surface area (Å²) in [5.74, 6) is 6.18. The Hall–Kier alpha value is -2.29. The van der Waals surface area contributed by atoms with Crippen LogP contribution >= 0.6 is 0 Å². The van der Waals surface area contributed by atoms with Gasteiger partial charge in [0.25, 0.3) is 0 Å². The molecule has 1 fully saturated rings. The Kier molecular flexibility index (Phi) is 7.39. The lowest BCUT2D eigenvalue weighted by Crippen LogP contribution is -2.56. The van der Waals surface area contributed by atoms with Crippen LogP contribution in [0.2, 0.25) is 0 Å². The molecular weight excluding hydrogens is 378 g/mol. The summed E-state index contributed by atoms with van der Waals surface area (Å²) in [7, 11) is 0. The second-order valence-electron chi connectivity index (χ2n) is 9.60. The van der Waals surface area contributed by atoms with Gasteiger partial charge < -0.3 is 14.2 Å². The van der Waals surface area contributed by atoms with Crippen molar-refractivity contribution in [1.29, 1.82) is 0 Å². The summed E-state index contributed by atoms with van der Waals surface area (Å²) in [5.41, 5.74) is -0.891. The Morgan fingerprint density at radius 1 is 1.30 bits per heavy atom. The number of carbonyl (C=O) groups is 1. The SMILES string of the molecule is C=CC(C)(C)[C@@H](OCC#Cc1ccccc1)[C@@H]1COC(C)(C)N1C(=O)OC(C)(C)C. The van der Waals surface area contributed by atoms with Crippen LogP contribution in [0, 0.1) is 17.3 Å². The van der Waals surface area contributed by atoms with E-state index >= 15 is 0 Å². The van der Waals surface area contributed by atoms with Crippen molar-refractivity contribution >= 4 is 6.09 Å². The second kappa shape index (κ2) is 9.24. The summed E-state index contributed by atoms with van der Waals surface area (Å²) in [4.78, 5) is 14.7. The molecule has 1 aliphatic heterocycles. The monoisotopic (exact) mass is 413 g/mol. The number of carbonyl (C=O) groups excluding carboxylic acids is 1. The van der Waals surface area contributed by atoms with E-state index in [0.717, 1.165) is 5.56 Å². The maximum Gasteiger partial charge on any atom is 0.412 e. The molecule has 0 unspecified atom stereocenters. The van der Waals surface area contributed by atoms with E-state index < -0.39 is 22.8 Å². The summed E-state index contributed by atoms with van der Waals surface area (Å²) in [6.07, 6.45) is 1.06. The lowest BCUT2D eigenvalue weighted by molar-refractivity contribution is -0.0805. The van der Waals surface area contributed by atoms with Crippen LogP contribution in [-0.4, -0.2) is 47.7 Å². The van der Waals surface area contributed by atoms with Crippen molar-refractivity contribution in [3.8, 4) is 11.8 Å². The van der Waals surface area contributed by atoms with Gasteiger partial charge in [-0.25, -0.2) is 4.79 Å². The maximum atomic E-state index is 13.0. The van der Waals surface area contributed by atoms with Gasteiger partial charge in [-0.3, -0.25) is 4.90 Å². The van der Waals surface area contributed by atoms with Crippen molar-refractivity contribution in [3.63, 3.8) is 0 Å². The molecule has 0 saturated carbocycles. The number of nitrogens with zero attached hydrogens (tertiary/aromatic N) is 1. The van der Waals surface area contributed by atoms with E-state index in [0.29, 0.717) is 6.61 Å². The molecule has 1 aromatic carbocycles. The van der Waals surface area contributed by atoms with E-state index in [4.69, 9.17) is 14.2 Å². The summed E-state index contributed by atoms with van der Waals surface area (Å²) in [5, 5.41) is 0. The zero-order chi connectivity index (χ0) is 22.6. The van der Waals surface area contributed by atoms with Crippen molar-refractivity contribution in [2.45, 2.75) is 71.9 Å². The molecule has 0 aliphatic carbocycles. The van der Waals surface area contributed by atoms with Gasteiger partial charge >= 0.3 is 6.09 Å². The van der Waals surface area contributed by atoms with Crippen molar-refractivity contribution in [2.24, 2.45) is 5.41 Å². The Balaban J connectivity index is 2.25. The molecule has 0 spiro atoms. The van der Waals surface area contributed by atoms with Crippen molar-refractivity contribution < 1.29 is 19.0 Å². The minimum atomic E-state index is -0.804. The fourth-order valence-electron chi connectivity index (χ4n) is 3.45. The van der Waals surface area contributed by atoms with Gasteiger partial charge in [0.05, 0.1) is 18.8 Å². The Morgan fingerprint density at radius 3 is 2.50 bits per heavy atom. The van der Waals surface area contributed by atoms with Gasteiger partial charge in [0, 0.05) is 11.0 Å². The van der Waals surface area contributed by atoms with Crippen LogP contribution in [0.1, 0.15) is 54.0 Å². The van der Waals surface area contributed by atoms with E-state index in [-0.39, 0.29) is 18.8 Å². The number of hydrogen-bond acceptors (Lipinski definition) is 4. The predicted molar refractivity (Wildman–Crippen MR) is 119 cm³/mol. The van der Waals surface area contributed by atoms with Crippen LogP contribution in [0.15, 0.2) is 43.0 Å². The Bertz CT molecular complexity index is 796. The van der Waals surface area contributed by atoms with Crippen molar-refractivity contribution in [2.75, 3.05) is 13.2 Å². The van der Waals surface area contributed by atoms with Crippen LogP contribution in [0.3, 0.4) is 0 Å². The van der Waals surface area contributed by atoms with Crippen molar-refractivity contribution in [3.05, 3.63) is 48.6 Å². The number of rotatable bonds is 5. The number of amides is 1. The quantitative estimate of drug-likeness (QED) is 0.503. The third kappa shape index (κ3) is 6.10. The van der Waals surface area contributed by atoms with Gasteiger partial charge in [-0.1, -0.05) is 50.0 Å². The molecule has 1 aromatic rings. The highest BCUT2D eigenvalue weighted by molar-refractivity contribution is 5.70. The van der Waals surface area contributed by atoms with Crippen LogP contribution < -0.4 is 0 Å². The molecule has 1 aliphatic rings. The minimum absolute atomic E-state index is 0.232. The fraction of sp³-hybridized carbons (Fsp3) is 0.560. The van der Waals surface area contributed by atoms with E-state index in [2.05, 4.69) is 18.4 Å². The summed E-state index contributed by atoms with van der Waals surface area (Å²) in [6, 6.07) is 9.43. The topological polar surface area (TPSA) is 48.0 Å². The first-order chi connectivity index (χ1) is 13.9. The molecule has 0 aromatic heterocycles. The van der Waals surface area contributed by atoms with Crippen LogP contribution in [0.5, 0.6) is 0 Å². The van der Waals surface area contributed by atoms with Gasteiger partial charge in [0.15, 0.2) is 0 Å². The number of hydrogen-bond donors (Lipinski definition) is 0. The second-order valence-corrected chi connectivity index (χ2v) is 9.60. The van der Waals surface area contributed by atoms with Crippen LogP contribution in [0.4, 0.5) is 4.79 Å². The molecule has 1 saturated heterocycles. The molecule has 0 bridgehead atoms. The number of benzene rings is 1. The molecule has 0 N–H and O–H groups in total. The van der Waals surface area contributed by atoms with E-state index in [9.17, 15) is 4.79 Å². The van der Waals surface area contributed by atoms with E-state index in [1.54, 1.807) is 4.90 Å². The molecule has 1 heterocycles. The zero-order valence-electron chi connectivity index (χ0n) is 19.3. The van der Waals surface area contributed by atoms with Gasteiger partial charge in [-0.15, -0.1) is 6.58 Å². The molecule has 164 valence electrons. The maximum absolute atomic E-state index is 13.0. The van der Waals surface area contributed by atoms with Gasteiger partial charge in [-0.05, 0) is 46.8 Å². The highest BCUT2D eigenvalue weighted by Gasteiger charge is 2.51. The van der Waals surface area contributed by atoms with Gasteiger partial charge in [-0.2, -0.15) is 0 Å². The van der Waals surface area contributed by atoms with Gasteiger partial charge in [0.1, 0.15) is 17.9 Å². The fourth-order valence-corrected chi connectivity index (χ4v) is 3.45.